The van der Waals surface area contributed by atoms with E-state index in [0.717, 1.165) is 12.0 Å². The Kier molecular flexibility index (Phi) is 4.02. The summed E-state index contributed by atoms with van der Waals surface area (Å²) in [4.78, 5) is 23.7. The van der Waals surface area contributed by atoms with Crippen LogP contribution in [-0.4, -0.2) is 18.9 Å². The zero-order chi connectivity index (χ0) is 16.4. The van der Waals surface area contributed by atoms with Gasteiger partial charge in [0, 0.05) is 12.6 Å². The van der Waals surface area contributed by atoms with E-state index < -0.39 is 0 Å². The molecule has 0 heterocycles. The molecular formula is C18H18N2O3. The number of nitrogens with one attached hydrogen (secondary N) is 2. The Bertz CT molecular complexity index is 771. The highest BCUT2D eigenvalue weighted by atomic mass is 16.5. The maximum absolute atomic E-state index is 12.4. The highest BCUT2D eigenvalue weighted by Crippen LogP contribution is 2.36. The lowest BCUT2D eigenvalue weighted by molar-refractivity contribution is -0.118. The smallest absolute Gasteiger partial charge is 0.232 e. The lowest BCUT2D eigenvalue weighted by atomic mass is 9.77. The minimum absolute atomic E-state index is 0.0392. The molecule has 0 fully saturated rings. The fourth-order valence-electron chi connectivity index (χ4n) is 2.80. The van der Waals surface area contributed by atoms with Crippen LogP contribution in [-0.2, 0) is 16.0 Å². The summed E-state index contributed by atoms with van der Waals surface area (Å²) in [6, 6.07) is 13.1. The van der Waals surface area contributed by atoms with Gasteiger partial charge >= 0.3 is 0 Å². The van der Waals surface area contributed by atoms with Gasteiger partial charge in [-0.05, 0) is 35.7 Å². The normalized spacial score (nSPS) is 15.1. The molecule has 1 aliphatic rings. The Hall–Kier alpha value is -2.82. The van der Waals surface area contributed by atoms with Crippen molar-refractivity contribution in [3.05, 3.63) is 53.6 Å². The van der Waals surface area contributed by atoms with Gasteiger partial charge in [-0.2, -0.15) is 0 Å². The molecule has 5 heteroatoms. The summed E-state index contributed by atoms with van der Waals surface area (Å²) in [6.45, 7) is 1.43. The number of ether oxygens (including phenoxy) is 1. The van der Waals surface area contributed by atoms with Gasteiger partial charge in [0.15, 0.2) is 0 Å². The van der Waals surface area contributed by atoms with E-state index in [1.807, 2.05) is 24.3 Å². The molecule has 2 aromatic rings. The number of methoxy groups -OCH3 is 1. The van der Waals surface area contributed by atoms with E-state index in [1.54, 1.807) is 18.2 Å². The highest BCUT2D eigenvalue weighted by Gasteiger charge is 2.31. The third-order valence-corrected chi connectivity index (χ3v) is 3.95. The SMILES string of the molecule is COc1ccc(NC(=O)[C@H]2Cc3ccccc32)cc1NC(C)=O. The molecule has 0 bridgehead atoms. The van der Waals surface area contributed by atoms with Gasteiger partial charge in [-0.3, -0.25) is 9.59 Å². The standard InChI is InChI=1S/C18H18N2O3/c1-11(21)19-16-10-13(7-8-17(16)23-2)20-18(22)15-9-12-5-3-4-6-14(12)15/h3-8,10,15H,9H2,1-2H3,(H,19,21)(H,20,22)/t15-/m0/s1. The van der Waals surface area contributed by atoms with Crippen LogP contribution in [0.2, 0.25) is 0 Å². The van der Waals surface area contributed by atoms with E-state index in [-0.39, 0.29) is 17.7 Å². The van der Waals surface area contributed by atoms with Crippen molar-refractivity contribution in [1.82, 2.24) is 0 Å². The third kappa shape index (κ3) is 3.04. The predicted molar refractivity (Wildman–Crippen MR) is 88.8 cm³/mol. The second kappa shape index (κ2) is 6.12. The molecule has 0 unspecified atom stereocenters. The van der Waals surface area contributed by atoms with Crippen LogP contribution in [0, 0.1) is 0 Å². The molecule has 0 saturated heterocycles. The molecule has 0 aliphatic heterocycles. The molecule has 23 heavy (non-hydrogen) atoms. The van der Waals surface area contributed by atoms with Crippen molar-refractivity contribution in [2.24, 2.45) is 0 Å². The molecule has 1 atom stereocenters. The summed E-state index contributed by atoms with van der Waals surface area (Å²) >= 11 is 0. The Morgan fingerprint density at radius 2 is 1.91 bits per heavy atom. The molecule has 0 spiro atoms. The average Bonchev–Trinajstić information content (AvgIpc) is 2.48. The van der Waals surface area contributed by atoms with Crippen LogP contribution in [0.25, 0.3) is 0 Å². The molecule has 1 aliphatic carbocycles. The van der Waals surface area contributed by atoms with Crippen molar-refractivity contribution >= 4 is 23.2 Å². The summed E-state index contributed by atoms with van der Waals surface area (Å²) in [5.74, 6) is 0.201. The molecule has 0 radical (unpaired) electrons. The van der Waals surface area contributed by atoms with Gasteiger partial charge in [-0.1, -0.05) is 24.3 Å². The van der Waals surface area contributed by atoms with Gasteiger partial charge in [0.05, 0.1) is 18.7 Å². The van der Waals surface area contributed by atoms with Crippen LogP contribution in [0.15, 0.2) is 42.5 Å². The second-order valence-electron chi connectivity index (χ2n) is 5.54. The van der Waals surface area contributed by atoms with Crippen LogP contribution in [0.3, 0.4) is 0 Å². The number of hydrogen-bond donors (Lipinski definition) is 2. The predicted octanol–water partition coefficient (Wildman–Crippen LogP) is 2.93. The van der Waals surface area contributed by atoms with Gasteiger partial charge in [0.25, 0.3) is 0 Å². The maximum atomic E-state index is 12.4. The number of hydrogen-bond acceptors (Lipinski definition) is 3. The Morgan fingerprint density at radius 1 is 1.13 bits per heavy atom. The largest absolute Gasteiger partial charge is 0.495 e. The molecule has 2 N–H and O–H groups in total. The lowest BCUT2D eigenvalue weighted by Crippen LogP contribution is -2.30. The number of fused-ring (bicyclic) bond motifs is 1. The van der Waals surface area contributed by atoms with Crippen LogP contribution in [0.1, 0.15) is 24.0 Å². The van der Waals surface area contributed by atoms with E-state index in [2.05, 4.69) is 10.6 Å². The Labute approximate surface area is 134 Å². The van der Waals surface area contributed by atoms with Gasteiger partial charge in [0.2, 0.25) is 11.8 Å². The maximum Gasteiger partial charge on any atom is 0.232 e. The third-order valence-electron chi connectivity index (χ3n) is 3.95. The van der Waals surface area contributed by atoms with E-state index >= 15 is 0 Å². The minimum atomic E-state index is -0.195. The fraction of sp³-hybridized carbons (Fsp3) is 0.222. The number of carbonyl (C=O) groups is 2. The number of benzene rings is 2. The van der Waals surface area contributed by atoms with E-state index in [0.29, 0.717) is 17.1 Å². The van der Waals surface area contributed by atoms with Crippen molar-refractivity contribution in [2.45, 2.75) is 19.3 Å². The second-order valence-corrected chi connectivity index (χ2v) is 5.54. The number of anilines is 2. The highest BCUT2D eigenvalue weighted by molar-refractivity contribution is 5.99. The summed E-state index contributed by atoms with van der Waals surface area (Å²) in [5, 5.41) is 5.60. The first-order chi connectivity index (χ1) is 11.1. The molecular weight excluding hydrogens is 292 g/mol. The van der Waals surface area contributed by atoms with Crippen molar-refractivity contribution in [2.75, 3.05) is 17.7 Å². The topological polar surface area (TPSA) is 67.4 Å². The minimum Gasteiger partial charge on any atom is -0.495 e. The monoisotopic (exact) mass is 310 g/mol. The Morgan fingerprint density at radius 3 is 2.61 bits per heavy atom. The van der Waals surface area contributed by atoms with E-state index in [9.17, 15) is 9.59 Å². The average molecular weight is 310 g/mol. The summed E-state index contributed by atoms with van der Waals surface area (Å²) in [7, 11) is 1.53. The van der Waals surface area contributed by atoms with Crippen LogP contribution >= 0.6 is 0 Å². The van der Waals surface area contributed by atoms with Crippen LogP contribution in [0.4, 0.5) is 11.4 Å². The molecule has 2 amide bonds. The number of amides is 2. The molecule has 118 valence electrons. The van der Waals surface area contributed by atoms with E-state index in [1.165, 1.54) is 19.6 Å². The first-order valence-corrected chi connectivity index (χ1v) is 7.43. The zero-order valence-corrected chi connectivity index (χ0v) is 13.1. The lowest BCUT2D eigenvalue weighted by Gasteiger charge is -2.29. The zero-order valence-electron chi connectivity index (χ0n) is 13.1. The number of carbonyl (C=O) groups excluding carboxylic acids is 2. The van der Waals surface area contributed by atoms with Crippen LogP contribution < -0.4 is 15.4 Å². The van der Waals surface area contributed by atoms with Gasteiger partial charge < -0.3 is 15.4 Å². The molecule has 0 aromatic heterocycles. The molecule has 0 saturated carbocycles. The van der Waals surface area contributed by atoms with Crippen molar-refractivity contribution < 1.29 is 14.3 Å². The van der Waals surface area contributed by atoms with Gasteiger partial charge in [0.1, 0.15) is 5.75 Å². The quantitative estimate of drug-likeness (QED) is 0.912. The van der Waals surface area contributed by atoms with E-state index in [4.69, 9.17) is 4.74 Å². The molecule has 2 aromatic carbocycles. The summed E-state index contributed by atoms with van der Waals surface area (Å²) < 4.78 is 5.21. The summed E-state index contributed by atoms with van der Waals surface area (Å²) in [6.07, 6.45) is 0.761. The van der Waals surface area contributed by atoms with Gasteiger partial charge in [-0.15, -0.1) is 0 Å². The first kappa shape index (κ1) is 15.1. The first-order valence-electron chi connectivity index (χ1n) is 7.43. The molecule has 3 rings (SSSR count). The van der Waals surface area contributed by atoms with Crippen molar-refractivity contribution in [3.63, 3.8) is 0 Å². The molecule has 5 nitrogen and oxygen atoms in total. The number of rotatable bonds is 4. The van der Waals surface area contributed by atoms with Crippen LogP contribution in [0.5, 0.6) is 5.75 Å². The fourth-order valence-corrected chi connectivity index (χ4v) is 2.80. The van der Waals surface area contributed by atoms with Crippen molar-refractivity contribution in [3.8, 4) is 5.75 Å². The van der Waals surface area contributed by atoms with Gasteiger partial charge in [-0.25, -0.2) is 0 Å². The summed E-state index contributed by atoms with van der Waals surface area (Å²) in [5.41, 5.74) is 3.47. The Balaban J connectivity index is 1.76. The van der Waals surface area contributed by atoms with Crippen molar-refractivity contribution in [1.29, 1.82) is 0 Å².